The topological polar surface area (TPSA) is 52.7 Å². The van der Waals surface area contributed by atoms with Gasteiger partial charge < -0.3 is 5.32 Å². The van der Waals surface area contributed by atoms with Crippen molar-refractivity contribution < 1.29 is 9.59 Å². The monoisotopic (exact) mass is 529 g/mol. The molecule has 5 heteroatoms. The van der Waals surface area contributed by atoms with E-state index in [4.69, 9.17) is 0 Å². The fraction of sp³-hybridized carbons (Fsp3) is 0.257. The lowest BCUT2D eigenvalue weighted by Crippen LogP contribution is -2.62. The second-order valence-corrected chi connectivity index (χ2v) is 10.7. The van der Waals surface area contributed by atoms with E-state index in [9.17, 15) is 9.59 Å². The lowest BCUT2D eigenvalue weighted by Gasteiger charge is -2.48. The van der Waals surface area contributed by atoms with Crippen LogP contribution in [0.3, 0.4) is 0 Å². The molecule has 2 unspecified atom stereocenters. The summed E-state index contributed by atoms with van der Waals surface area (Å²) in [7, 11) is 0. The summed E-state index contributed by atoms with van der Waals surface area (Å²) in [6.45, 7) is 4.20. The number of hydrogen-bond donors (Lipinski definition) is 1. The normalized spacial score (nSPS) is 17.4. The van der Waals surface area contributed by atoms with Gasteiger partial charge in [0.15, 0.2) is 0 Å². The van der Waals surface area contributed by atoms with Crippen molar-refractivity contribution in [2.24, 2.45) is 0 Å². The Bertz CT molecular complexity index is 1520. The second-order valence-electron chi connectivity index (χ2n) is 10.7. The molecule has 2 atom stereocenters. The van der Waals surface area contributed by atoms with Crippen molar-refractivity contribution in [1.29, 1.82) is 0 Å². The minimum Gasteiger partial charge on any atom is -0.357 e. The molecule has 40 heavy (non-hydrogen) atoms. The molecule has 0 bridgehead atoms. The third kappa shape index (κ3) is 4.71. The zero-order valence-electron chi connectivity index (χ0n) is 22.9. The molecule has 1 aliphatic heterocycles. The lowest BCUT2D eigenvalue weighted by atomic mass is 9.87. The number of unbranched alkanes of at least 4 members (excludes halogenated alkanes) is 1. The fourth-order valence-electron chi connectivity index (χ4n) is 6.22. The number of benzene rings is 4. The number of amides is 2. The number of rotatable bonds is 10. The maximum atomic E-state index is 14.7. The van der Waals surface area contributed by atoms with Crippen LogP contribution in [0.25, 0.3) is 33.4 Å². The van der Waals surface area contributed by atoms with Crippen LogP contribution in [0.2, 0.25) is 0 Å². The highest BCUT2D eigenvalue weighted by Gasteiger charge is 2.42. The molecular formula is C35H35N3O2. The van der Waals surface area contributed by atoms with E-state index in [1.165, 1.54) is 5.56 Å². The summed E-state index contributed by atoms with van der Waals surface area (Å²) >= 11 is 0. The van der Waals surface area contributed by atoms with Crippen molar-refractivity contribution in [1.82, 2.24) is 15.3 Å². The number of fused-ring (bicyclic) bond motifs is 3. The minimum atomic E-state index is -0.389. The molecule has 0 radical (unpaired) electrons. The van der Waals surface area contributed by atoms with Crippen LogP contribution in [-0.4, -0.2) is 48.0 Å². The fourth-order valence-corrected chi connectivity index (χ4v) is 6.22. The van der Waals surface area contributed by atoms with Gasteiger partial charge in [-0.1, -0.05) is 104 Å². The van der Waals surface area contributed by atoms with Crippen LogP contribution in [0.1, 0.15) is 43.2 Å². The summed E-state index contributed by atoms with van der Waals surface area (Å²) in [6, 6.07) is 34.0. The first kappa shape index (κ1) is 26.0. The van der Waals surface area contributed by atoms with Crippen molar-refractivity contribution in [3.63, 3.8) is 0 Å². The Morgan fingerprint density at radius 2 is 1.57 bits per heavy atom. The van der Waals surface area contributed by atoms with Gasteiger partial charge in [0.05, 0.1) is 5.92 Å². The lowest BCUT2D eigenvalue weighted by molar-refractivity contribution is -0.167. The zero-order valence-corrected chi connectivity index (χ0v) is 22.9. The highest BCUT2D eigenvalue weighted by molar-refractivity contribution is 5.99. The van der Waals surface area contributed by atoms with Gasteiger partial charge in [-0.25, -0.2) is 5.01 Å². The molecule has 0 aromatic heterocycles. The Kier molecular flexibility index (Phi) is 7.47. The molecule has 1 heterocycles. The van der Waals surface area contributed by atoms with E-state index in [2.05, 4.69) is 102 Å². The van der Waals surface area contributed by atoms with Crippen LogP contribution in [0.4, 0.5) is 0 Å². The van der Waals surface area contributed by atoms with Crippen LogP contribution in [-0.2, 0) is 9.59 Å². The summed E-state index contributed by atoms with van der Waals surface area (Å²) in [5.41, 5.74) is 8.97. The van der Waals surface area contributed by atoms with Crippen molar-refractivity contribution >= 4 is 12.3 Å². The first-order valence-electron chi connectivity index (χ1n) is 14.3. The van der Waals surface area contributed by atoms with Crippen molar-refractivity contribution in [3.8, 4) is 33.4 Å². The zero-order chi connectivity index (χ0) is 27.5. The van der Waals surface area contributed by atoms with Gasteiger partial charge >= 0.3 is 0 Å². The minimum absolute atomic E-state index is 0.113. The summed E-state index contributed by atoms with van der Waals surface area (Å²) in [5.74, 6) is -0.276. The average Bonchev–Trinajstić information content (AvgIpc) is 3.33. The molecule has 1 saturated heterocycles. The van der Waals surface area contributed by atoms with E-state index >= 15 is 0 Å². The highest BCUT2D eigenvalue weighted by Crippen LogP contribution is 2.50. The number of carbonyl (C=O) groups excluding carboxylic acids is 2. The third-order valence-electron chi connectivity index (χ3n) is 8.32. The van der Waals surface area contributed by atoms with Crippen LogP contribution >= 0.6 is 0 Å². The van der Waals surface area contributed by atoms with Gasteiger partial charge in [-0.05, 0) is 63.4 Å². The van der Waals surface area contributed by atoms with Gasteiger partial charge in [-0.3, -0.25) is 14.6 Å². The Hall–Kier alpha value is -4.22. The van der Waals surface area contributed by atoms with Crippen LogP contribution < -0.4 is 5.32 Å². The molecule has 4 aromatic carbocycles. The molecule has 6 rings (SSSR count). The molecule has 0 saturated carbocycles. The molecule has 2 aliphatic rings. The van der Waals surface area contributed by atoms with Gasteiger partial charge in [-0.15, -0.1) is 0 Å². The van der Waals surface area contributed by atoms with E-state index in [-0.39, 0.29) is 17.9 Å². The van der Waals surface area contributed by atoms with E-state index in [1.807, 2.05) is 17.1 Å². The summed E-state index contributed by atoms with van der Waals surface area (Å²) < 4.78 is 0. The predicted molar refractivity (Wildman–Crippen MR) is 160 cm³/mol. The highest BCUT2D eigenvalue weighted by atomic mass is 16.2. The number of nitrogens with one attached hydrogen (secondary N) is 1. The van der Waals surface area contributed by atoms with Crippen molar-refractivity contribution in [3.05, 3.63) is 108 Å². The first-order chi connectivity index (χ1) is 19.7. The molecule has 1 aliphatic carbocycles. The Balaban J connectivity index is 1.44. The van der Waals surface area contributed by atoms with Crippen LogP contribution in [0.15, 0.2) is 97.1 Å². The first-order valence-corrected chi connectivity index (χ1v) is 14.3. The van der Waals surface area contributed by atoms with Crippen molar-refractivity contribution in [2.75, 3.05) is 19.6 Å². The van der Waals surface area contributed by atoms with Gasteiger partial charge in [0, 0.05) is 25.7 Å². The molecule has 0 spiro atoms. The third-order valence-corrected chi connectivity index (χ3v) is 8.32. The maximum Gasteiger partial charge on any atom is 0.248 e. The summed E-state index contributed by atoms with van der Waals surface area (Å²) in [6.07, 6.45) is 3.64. The van der Waals surface area contributed by atoms with E-state index in [1.54, 1.807) is 0 Å². The Morgan fingerprint density at radius 3 is 2.35 bits per heavy atom. The molecule has 1 fully saturated rings. The largest absolute Gasteiger partial charge is 0.357 e. The number of hydrogen-bond acceptors (Lipinski definition) is 3. The molecule has 2 amide bonds. The molecule has 5 nitrogen and oxygen atoms in total. The van der Waals surface area contributed by atoms with Crippen molar-refractivity contribution in [2.45, 2.75) is 38.1 Å². The van der Waals surface area contributed by atoms with Gasteiger partial charge in [0.2, 0.25) is 12.3 Å². The Labute approximate surface area is 236 Å². The van der Waals surface area contributed by atoms with Crippen LogP contribution in [0.5, 0.6) is 0 Å². The van der Waals surface area contributed by atoms with Gasteiger partial charge in [0.25, 0.3) is 0 Å². The quantitative estimate of drug-likeness (QED) is 0.239. The number of nitrogens with zero attached hydrogens (tertiary/aromatic N) is 2. The predicted octanol–water partition coefficient (Wildman–Crippen LogP) is 6.50. The van der Waals surface area contributed by atoms with Gasteiger partial charge in [-0.2, -0.15) is 0 Å². The van der Waals surface area contributed by atoms with E-state index in [0.29, 0.717) is 13.1 Å². The molecular weight excluding hydrogens is 494 g/mol. The SMILES string of the molecule is CCCCN(C(=O)C1c2ccccc2-c2cccc(-c3cccc(-c4ccccc4)c3)c21)N1CCC1CNC=O. The van der Waals surface area contributed by atoms with Crippen LogP contribution in [0, 0.1) is 0 Å². The average molecular weight is 530 g/mol. The van der Waals surface area contributed by atoms with E-state index < -0.39 is 0 Å². The second kappa shape index (κ2) is 11.5. The maximum absolute atomic E-state index is 14.7. The molecule has 202 valence electrons. The van der Waals surface area contributed by atoms with Gasteiger partial charge in [0.1, 0.15) is 0 Å². The number of hydrazine groups is 1. The standard InChI is InChI=1S/C35H35N3O2/c1-2-3-20-38(37-21-19-28(37)23-36-24-39)35(40)34-32-16-8-7-15-30(32)31-18-10-17-29(33(31)34)27-14-9-13-26(22-27)25-11-5-4-6-12-25/h4-18,22,24,28,34H,2-3,19-21,23H2,1H3,(H,36,39). The van der Waals surface area contributed by atoms with E-state index in [0.717, 1.165) is 71.2 Å². The molecule has 4 aromatic rings. The number of carbonyl (C=O) groups is 2. The Morgan fingerprint density at radius 1 is 0.875 bits per heavy atom. The summed E-state index contributed by atoms with van der Waals surface area (Å²) in [5, 5.41) is 6.98. The smallest absolute Gasteiger partial charge is 0.248 e. The summed E-state index contributed by atoms with van der Waals surface area (Å²) in [4.78, 5) is 25.7. The molecule has 1 N–H and O–H groups in total.